The summed E-state index contributed by atoms with van der Waals surface area (Å²) in [7, 11) is -30.7. The van der Waals surface area contributed by atoms with E-state index in [2.05, 4.69) is 127 Å². The lowest BCUT2D eigenvalue weighted by Gasteiger charge is -2.63. The summed E-state index contributed by atoms with van der Waals surface area (Å²) in [6, 6.07) is 3.84. The van der Waals surface area contributed by atoms with E-state index in [1.54, 1.807) is 0 Å². The number of hydrogen-bond donors (Lipinski definition) is 0. The average molecular weight is 1390 g/mol. The summed E-state index contributed by atoms with van der Waals surface area (Å²) in [6.07, 6.45) is 5.76. The van der Waals surface area contributed by atoms with Crippen LogP contribution >= 0.6 is 127 Å². The van der Waals surface area contributed by atoms with Crippen molar-refractivity contribution in [1.82, 2.24) is 0 Å². The lowest BCUT2D eigenvalue weighted by atomic mass is 10.6. The van der Waals surface area contributed by atoms with Crippen LogP contribution in [0.15, 0.2) is 0 Å². The number of alkyl halides is 8. The van der Waals surface area contributed by atoms with E-state index in [0.29, 0.717) is 48.4 Å². The molecule has 6 aliphatic rings. The van der Waals surface area contributed by atoms with Crippen molar-refractivity contribution in [3.63, 3.8) is 0 Å². The molecule has 28 heteroatoms. The van der Waals surface area contributed by atoms with Crippen molar-refractivity contribution < 1.29 is 49.4 Å². The summed E-state index contributed by atoms with van der Waals surface area (Å²) in [5.41, 5.74) is 0. The van der Waals surface area contributed by atoms with E-state index in [4.69, 9.17) is 49.4 Å². The Labute approximate surface area is 384 Å². The Morgan fingerprint density at radius 1 is 0.192 bits per heavy atom. The highest BCUT2D eigenvalue weighted by Gasteiger charge is 2.82. The van der Waals surface area contributed by atoms with Crippen LogP contribution in [0, 0.1) is 0 Å². The predicted molar refractivity (Wildman–Crippen MR) is 245 cm³/mol. The zero-order valence-corrected chi connectivity index (χ0v) is 49.6. The van der Waals surface area contributed by atoms with Gasteiger partial charge in [0.05, 0.1) is 0 Å². The Kier molecular flexibility index (Phi) is 19.9. The summed E-state index contributed by atoms with van der Waals surface area (Å²) in [5.74, 6) is 0. The zero-order valence-electron chi connectivity index (χ0n) is 28.9. The molecule has 8 bridgehead atoms. The fraction of sp³-hybridized carbons (Fsp3) is 1.00. The fourth-order valence-corrected chi connectivity index (χ4v) is 63.6. The maximum absolute atomic E-state index is 7.62. The summed E-state index contributed by atoms with van der Waals surface area (Å²) in [6.45, 7) is 0. The van der Waals surface area contributed by atoms with Crippen LogP contribution in [0.2, 0.25) is 48.4 Å². The highest BCUT2D eigenvalue weighted by molar-refractivity contribution is 9.10. The van der Waals surface area contributed by atoms with Crippen molar-refractivity contribution in [2.45, 2.75) is 99.7 Å². The molecule has 6 fully saturated rings. The maximum Gasteiger partial charge on any atom is 0.478 e. The minimum atomic E-state index is -3.84. The summed E-state index contributed by atoms with van der Waals surface area (Å²) in [4.78, 5) is 0. The van der Waals surface area contributed by atoms with Crippen LogP contribution < -0.4 is 0 Å². The van der Waals surface area contributed by atoms with Crippen LogP contribution in [0.5, 0.6) is 0 Å². The normalized spacial score (nSPS) is 41.1. The monoisotopic (exact) mass is 1380 g/mol. The van der Waals surface area contributed by atoms with E-state index in [-0.39, 0.29) is 0 Å². The van der Waals surface area contributed by atoms with Gasteiger partial charge in [-0.25, -0.2) is 0 Å². The van der Waals surface area contributed by atoms with Gasteiger partial charge < -0.3 is 49.4 Å². The molecular weight excluding hydrogens is 1340 g/mol. The Bertz CT molecular complexity index is 834. The molecule has 6 heterocycles. The fourth-order valence-electron chi connectivity index (χ4n) is 6.83. The Balaban J connectivity index is 1.88. The molecule has 0 amide bonds. The number of halogens is 8. The second-order valence-corrected chi connectivity index (χ2v) is 44.1. The number of rotatable bonds is 24. The first-order chi connectivity index (χ1) is 25.0. The molecule has 6 saturated heterocycles. The minimum Gasteiger partial charge on any atom is -0.373 e. The molecule has 0 aliphatic carbocycles. The van der Waals surface area contributed by atoms with Crippen LogP contribution in [-0.4, -0.2) is 113 Å². The molecule has 0 spiro atoms. The molecule has 0 aromatic heterocycles. The molecule has 0 unspecified atom stereocenters. The van der Waals surface area contributed by atoms with Crippen LogP contribution in [0.4, 0.5) is 0 Å². The third kappa shape index (κ3) is 11.8. The molecule has 6 rings (SSSR count). The lowest BCUT2D eigenvalue weighted by molar-refractivity contribution is -0.0304. The molecule has 0 aromatic carbocycles. The second-order valence-electron chi connectivity index (χ2n) is 13.0. The standard InChI is InChI=1S/C24H48Br8O12Si8/c25-9-1-17-45-33-46(18-2-10-26)36-49(21-5-13-29)38-47(34-45,19-3-11-27)40-51(23-7-15-31)41-48(35-45,20-4-12-28)39-50(37-46,22-6-14-30)43-52(42-49,44-51)24-8-16-32/h1-24H2. The van der Waals surface area contributed by atoms with Gasteiger partial charge in [0.25, 0.3) is 0 Å². The Morgan fingerprint density at radius 2 is 0.288 bits per heavy atom. The van der Waals surface area contributed by atoms with E-state index < -0.39 is 70.4 Å². The highest BCUT2D eigenvalue weighted by Crippen LogP contribution is 2.54. The summed E-state index contributed by atoms with van der Waals surface area (Å²) in [5, 5.41) is 5.78. The molecule has 304 valence electrons. The lowest BCUT2D eigenvalue weighted by Crippen LogP contribution is -2.88. The molecule has 6 aliphatic heterocycles. The van der Waals surface area contributed by atoms with Crippen molar-refractivity contribution in [1.29, 1.82) is 0 Å². The summed E-state index contributed by atoms with van der Waals surface area (Å²) >= 11 is 29.5. The van der Waals surface area contributed by atoms with Crippen molar-refractivity contribution in [2.24, 2.45) is 0 Å². The van der Waals surface area contributed by atoms with Gasteiger partial charge in [-0.3, -0.25) is 0 Å². The average Bonchev–Trinajstić information content (AvgIpc) is 3.08. The Morgan fingerprint density at radius 3 is 0.365 bits per heavy atom. The smallest absolute Gasteiger partial charge is 0.373 e. The molecule has 0 radical (unpaired) electrons. The van der Waals surface area contributed by atoms with E-state index in [9.17, 15) is 0 Å². The second kappa shape index (κ2) is 21.5. The molecular formula is C24H48Br8O12Si8. The first-order valence-electron chi connectivity index (χ1n) is 17.9. The van der Waals surface area contributed by atoms with Gasteiger partial charge in [-0.2, -0.15) is 0 Å². The summed E-state index contributed by atoms with van der Waals surface area (Å²) < 4.78 is 91.4. The van der Waals surface area contributed by atoms with Gasteiger partial charge in [0.15, 0.2) is 0 Å². The first kappa shape index (κ1) is 48.1. The van der Waals surface area contributed by atoms with E-state index in [1.807, 2.05) is 0 Å². The van der Waals surface area contributed by atoms with Crippen molar-refractivity contribution in [3.05, 3.63) is 0 Å². The van der Waals surface area contributed by atoms with Gasteiger partial charge in [-0.05, 0) is 51.4 Å². The Hall–Kier alpha value is 5.10. The SMILES string of the molecule is BrCCC[Si]12O[Si]3(CCCBr)O[Si]4(CCCBr)O[Si](CCCBr)(O1)O[Si]1(CCCBr)O[Si](CCCBr)(O2)O[Si](CCCBr)(O3)O[Si](CCCBr)(O4)O1. The van der Waals surface area contributed by atoms with Crippen LogP contribution in [-0.2, 0) is 49.4 Å². The van der Waals surface area contributed by atoms with Crippen LogP contribution in [0.3, 0.4) is 0 Å². The van der Waals surface area contributed by atoms with Gasteiger partial charge in [-0.15, -0.1) is 0 Å². The van der Waals surface area contributed by atoms with Crippen molar-refractivity contribution >= 4 is 198 Å². The predicted octanol–water partition coefficient (Wildman–Crippen LogP) is 10.0. The van der Waals surface area contributed by atoms with Crippen molar-refractivity contribution in [2.75, 3.05) is 42.6 Å². The quantitative estimate of drug-likeness (QED) is 0.0678. The largest absolute Gasteiger partial charge is 0.478 e. The van der Waals surface area contributed by atoms with Gasteiger partial charge in [0, 0.05) is 91.0 Å². The minimum absolute atomic E-state index is 0.480. The number of hydrogen-bond acceptors (Lipinski definition) is 12. The molecule has 0 atom stereocenters. The van der Waals surface area contributed by atoms with Gasteiger partial charge in [-0.1, -0.05) is 127 Å². The van der Waals surface area contributed by atoms with E-state index in [0.717, 1.165) is 94.0 Å². The van der Waals surface area contributed by atoms with E-state index in [1.165, 1.54) is 0 Å². The molecule has 12 nitrogen and oxygen atoms in total. The molecule has 52 heavy (non-hydrogen) atoms. The topological polar surface area (TPSA) is 111 Å². The first-order valence-corrected chi connectivity index (χ1v) is 42.3. The molecule has 0 saturated carbocycles. The highest BCUT2D eigenvalue weighted by atomic mass is 79.9. The van der Waals surface area contributed by atoms with Gasteiger partial charge >= 0.3 is 70.4 Å². The maximum atomic E-state index is 7.62. The third-order valence-corrected chi connectivity index (χ3v) is 50.7. The molecule has 0 N–H and O–H groups in total. The van der Waals surface area contributed by atoms with Crippen LogP contribution in [0.1, 0.15) is 51.4 Å². The van der Waals surface area contributed by atoms with E-state index >= 15 is 0 Å². The van der Waals surface area contributed by atoms with Gasteiger partial charge in [0.1, 0.15) is 0 Å². The van der Waals surface area contributed by atoms with Crippen molar-refractivity contribution in [3.8, 4) is 0 Å². The van der Waals surface area contributed by atoms with Gasteiger partial charge in [0.2, 0.25) is 0 Å². The zero-order chi connectivity index (χ0) is 37.5. The van der Waals surface area contributed by atoms with Crippen LogP contribution in [0.25, 0.3) is 0 Å². The molecule has 0 aromatic rings. The third-order valence-electron chi connectivity index (χ3n) is 8.66.